The lowest BCUT2D eigenvalue weighted by atomic mass is 9.95. The van der Waals surface area contributed by atoms with Crippen molar-refractivity contribution in [1.82, 2.24) is 19.7 Å². The molecule has 3 aromatic heterocycles. The first-order valence-electron chi connectivity index (χ1n) is 10.6. The second-order valence-corrected chi connectivity index (χ2v) is 8.31. The molecule has 0 unspecified atom stereocenters. The molecule has 0 radical (unpaired) electrons. The molecule has 5 rings (SSSR count). The van der Waals surface area contributed by atoms with Crippen LogP contribution in [0.2, 0.25) is 0 Å². The van der Waals surface area contributed by atoms with Gasteiger partial charge < -0.3 is 9.72 Å². The number of hydrogen-bond donors (Lipinski definition) is 1. The Hall–Kier alpha value is -3.15. The molecular weight excluding hydrogens is 376 g/mol. The number of methoxy groups -OCH3 is 1. The summed E-state index contributed by atoms with van der Waals surface area (Å²) in [5.41, 5.74) is 5.89. The zero-order chi connectivity index (χ0) is 20.8. The molecular formula is C24H26N4O2. The number of aryl methyl sites for hydroxylation is 1. The van der Waals surface area contributed by atoms with Crippen LogP contribution in [0.4, 0.5) is 0 Å². The fraction of sp³-hybridized carbons (Fsp3) is 0.375. The Labute approximate surface area is 174 Å². The molecule has 0 aliphatic heterocycles. The molecule has 3 heterocycles. The molecule has 4 aromatic rings. The summed E-state index contributed by atoms with van der Waals surface area (Å²) in [5.74, 6) is 0.620. The summed E-state index contributed by atoms with van der Waals surface area (Å²) in [7, 11) is 1.63. The molecule has 0 spiro atoms. The van der Waals surface area contributed by atoms with Crippen LogP contribution in [0, 0.1) is 13.8 Å². The summed E-state index contributed by atoms with van der Waals surface area (Å²) in [5, 5.41) is 6.33. The number of fused-ring (bicyclic) bond motifs is 3. The average molecular weight is 402 g/mol. The maximum atomic E-state index is 12.8. The quantitative estimate of drug-likeness (QED) is 0.519. The minimum absolute atomic E-state index is 0.0857. The number of ether oxygens (including phenoxy) is 1. The van der Waals surface area contributed by atoms with Crippen molar-refractivity contribution < 1.29 is 4.74 Å². The molecule has 6 heteroatoms. The van der Waals surface area contributed by atoms with E-state index >= 15 is 0 Å². The van der Waals surface area contributed by atoms with Gasteiger partial charge in [-0.25, -0.2) is 4.98 Å². The largest absolute Gasteiger partial charge is 0.481 e. The van der Waals surface area contributed by atoms with Crippen LogP contribution in [-0.4, -0.2) is 26.9 Å². The van der Waals surface area contributed by atoms with E-state index in [4.69, 9.17) is 4.74 Å². The molecule has 1 aromatic carbocycles. The Bertz CT molecular complexity index is 1310. The van der Waals surface area contributed by atoms with Gasteiger partial charge in [0.2, 0.25) is 5.88 Å². The Morgan fingerprint density at radius 1 is 1.10 bits per heavy atom. The summed E-state index contributed by atoms with van der Waals surface area (Å²) in [4.78, 5) is 20.3. The van der Waals surface area contributed by atoms with Gasteiger partial charge in [0.1, 0.15) is 0 Å². The lowest BCUT2D eigenvalue weighted by molar-refractivity contribution is 0.337. The molecule has 1 saturated carbocycles. The minimum Gasteiger partial charge on any atom is -0.481 e. The molecule has 6 nitrogen and oxygen atoms in total. The minimum atomic E-state index is -0.0857. The normalized spacial score (nSPS) is 15.2. The van der Waals surface area contributed by atoms with Gasteiger partial charge in [0.15, 0.2) is 0 Å². The molecule has 0 saturated heterocycles. The third-order valence-electron chi connectivity index (χ3n) is 6.43. The second-order valence-electron chi connectivity index (χ2n) is 8.31. The monoisotopic (exact) mass is 402 g/mol. The van der Waals surface area contributed by atoms with Crippen molar-refractivity contribution >= 4 is 21.8 Å². The smallest absolute Gasteiger partial charge is 0.259 e. The van der Waals surface area contributed by atoms with Crippen LogP contribution in [0.25, 0.3) is 32.9 Å². The van der Waals surface area contributed by atoms with Gasteiger partial charge in [0.05, 0.1) is 35.8 Å². The summed E-state index contributed by atoms with van der Waals surface area (Å²) in [6, 6.07) is 6.65. The number of rotatable bonds is 3. The highest BCUT2D eigenvalue weighted by Crippen LogP contribution is 2.35. The van der Waals surface area contributed by atoms with Crippen molar-refractivity contribution in [2.75, 3.05) is 7.11 Å². The fourth-order valence-corrected chi connectivity index (χ4v) is 4.97. The van der Waals surface area contributed by atoms with Crippen LogP contribution in [0.5, 0.6) is 5.88 Å². The molecule has 0 bridgehead atoms. The van der Waals surface area contributed by atoms with Crippen LogP contribution >= 0.6 is 0 Å². The van der Waals surface area contributed by atoms with Crippen LogP contribution in [0.3, 0.4) is 0 Å². The average Bonchev–Trinajstić information content (AvgIpc) is 3.21. The number of hydrogen-bond acceptors (Lipinski definition) is 4. The molecule has 1 aliphatic rings. The Kier molecular flexibility index (Phi) is 4.57. The van der Waals surface area contributed by atoms with Crippen LogP contribution in [0.15, 0.2) is 35.4 Å². The first-order valence-corrected chi connectivity index (χ1v) is 10.6. The standard InChI is InChI=1S/C24H26N4O2/c1-14-12-25-24(30-3)15(2)21(14)16-9-10-18-20(11-16)27-23(29)19-13-26-28(22(18)19)17-7-5-4-6-8-17/h9-13,17H,4-8H2,1-3H3,(H,27,29). The van der Waals surface area contributed by atoms with Gasteiger partial charge in [-0.2, -0.15) is 5.10 Å². The summed E-state index contributed by atoms with van der Waals surface area (Å²) >= 11 is 0. The Balaban J connectivity index is 1.73. The fourth-order valence-electron chi connectivity index (χ4n) is 4.97. The van der Waals surface area contributed by atoms with Crippen molar-refractivity contribution in [3.8, 4) is 17.0 Å². The van der Waals surface area contributed by atoms with Gasteiger partial charge in [-0.3, -0.25) is 9.48 Å². The number of nitrogens with one attached hydrogen (secondary N) is 1. The molecule has 1 aliphatic carbocycles. The summed E-state index contributed by atoms with van der Waals surface area (Å²) in [6.07, 6.45) is 9.53. The van der Waals surface area contributed by atoms with E-state index in [1.165, 1.54) is 19.3 Å². The second kappa shape index (κ2) is 7.27. The summed E-state index contributed by atoms with van der Waals surface area (Å²) in [6.45, 7) is 4.06. The van der Waals surface area contributed by atoms with Crippen LogP contribution < -0.4 is 10.3 Å². The summed E-state index contributed by atoms with van der Waals surface area (Å²) < 4.78 is 7.51. The first kappa shape index (κ1) is 18.9. The van der Waals surface area contributed by atoms with Crippen LogP contribution in [0.1, 0.15) is 49.3 Å². The molecule has 1 N–H and O–H groups in total. The first-order chi connectivity index (χ1) is 14.6. The topological polar surface area (TPSA) is 72.8 Å². The van der Waals surface area contributed by atoms with Crippen LogP contribution in [-0.2, 0) is 0 Å². The molecule has 30 heavy (non-hydrogen) atoms. The molecule has 1 fully saturated rings. The highest BCUT2D eigenvalue weighted by Gasteiger charge is 2.21. The van der Waals surface area contributed by atoms with Crippen molar-refractivity contribution in [2.45, 2.75) is 52.0 Å². The highest BCUT2D eigenvalue weighted by molar-refractivity contribution is 6.04. The third-order valence-corrected chi connectivity index (χ3v) is 6.43. The van der Waals surface area contributed by atoms with E-state index in [0.717, 1.165) is 51.5 Å². The van der Waals surface area contributed by atoms with E-state index in [9.17, 15) is 4.79 Å². The lowest BCUT2D eigenvalue weighted by Crippen LogP contribution is -2.15. The van der Waals surface area contributed by atoms with Crippen molar-refractivity contribution in [2.24, 2.45) is 0 Å². The van der Waals surface area contributed by atoms with Gasteiger partial charge >= 0.3 is 0 Å². The predicted octanol–water partition coefficient (Wildman–Crippen LogP) is 5.07. The van der Waals surface area contributed by atoms with E-state index < -0.39 is 0 Å². The zero-order valence-electron chi connectivity index (χ0n) is 17.7. The number of aromatic amines is 1. The van der Waals surface area contributed by atoms with Gasteiger partial charge in [0, 0.05) is 17.1 Å². The van der Waals surface area contributed by atoms with Crippen molar-refractivity contribution in [3.63, 3.8) is 0 Å². The number of benzene rings is 1. The van der Waals surface area contributed by atoms with E-state index in [1.807, 2.05) is 20.0 Å². The van der Waals surface area contributed by atoms with Gasteiger partial charge in [-0.15, -0.1) is 0 Å². The highest BCUT2D eigenvalue weighted by atomic mass is 16.5. The van der Waals surface area contributed by atoms with E-state index in [0.29, 0.717) is 17.3 Å². The van der Waals surface area contributed by atoms with E-state index in [-0.39, 0.29) is 5.56 Å². The van der Waals surface area contributed by atoms with E-state index in [2.05, 4.69) is 37.9 Å². The van der Waals surface area contributed by atoms with Gasteiger partial charge in [0.25, 0.3) is 5.56 Å². The Morgan fingerprint density at radius 2 is 1.90 bits per heavy atom. The number of pyridine rings is 2. The zero-order valence-corrected chi connectivity index (χ0v) is 17.7. The maximum Gasteiger partial charge on any atom is 0.259 e. The lowest BCUT2D eigenvalue weighted by Gasteiger charge is -2.23. The number of H-pyrrole nitrogens is 1. The molecule has 154 valence electrons. The molecule has 0 atom stereocenters. The van der Waals surface area contributed by atoms with Gasteiger partial charge in [-0.1, -0.05) is 31.4 Å². The van der Waals surface area contributed by atoms with Crippen molar-refractivity contribution in [3.05, 3.63) is 52.1 Å². The third kappa shape index (κ3) is 2.90. The maximum absolute atomic E-state index is 12.8. The van der Waals surface area contributed by atoms with Gasteiger partial charge in [-0.05, 0) is 49.4 Å². The van der Waals surface area contributed by atoms with Crippen molar-refractivity contribution in [1.29, 1.82) is 0 Å². The number of aromatic nitrogens is 4. The molecule has 0 amide bonds. The number of nitrogens with zero attached hydrogens (tertiary/aromatic N) is 3. The Morgan fingerprint density at radius 3 is 2.67 bits per heavy atom. The predicted molar refractivity (Wildman–Crippen MR) is 119 cm³/mol. The SMILES string of the molecule is COc1ncc(C)c(-c2ccc3c(c2)[nH]c(=O)c2cnn(C4CCCCC4)c23)c1C. The van der Waals surface area contributed by atoms with E-state index in [1.54, 1.807) is 13.3 Å².